The Morgan fingerprint density at radius 2 is 1.09 bits per heavy atom. The van der Waals surface area contributed by atoms with Crippen molar-refractivity contribution in [1.82, 2.24) is 0 Å². The van der Waals surface area contributed by atoms with Gasteiger partial charge in [0.05, 0.1) is 0 Å². The highest BCUT2D eigenvalue weighted by Gasteiger charge is 2.38. The van der Waals surface area contributed by atoms with Crippen LogP contribution in [0.15, 0.2) is 187 Å². The molecule has 1 aromatic heterocycles. The van der Waals surface area contributed by atoms with Crippen molar-refractivity contribution >= 4 is 22.7 Å². The van der Waals surface area contributed by atoms with E-state index in [4.69, 9.17) is 18.6 Å². The molecule has 2 aliphatic rings. The lowest BCUT2D eigenvalue weighted by atomic mass is 9.83. The molecule has 0 bridgehead atoms. The fourth-order valence-electron chi connectivity index (χ4n) is 7.62. The molecule has 8 rings (SSSR count). The summed E-state index contributed by atoms with van der Waals surface area (Å²) in [5.74, 6) is 0.00201. The van der Waals surface area contributed by atoms with Crippen molar-refractivity contribution in [3.63, 3.8) is 0 Å². The minimum absolute atomic E-state index is 0.00201. The first-order valence-corrected chi connectivity index (χ1v) is 19.7. The highest BCUT2D eigenvalue weighted by atomic mass is 35.7. The van der Waals surface area contributed by atoms with Crippen LogP contribution in [0.1, 0.15) is 30.5 Å². The highest BCUT2D eigenvalue weighted by molar-refractivity contribution is 6.32. The summed E-state index contributed by atoms with van der Waals surface area (Å²) in [4.78, 5) is 16.8. The average molecular weight is 773 g/mol. The maximum Gasteiger partial charge on any atom is 0.219 e. The third-order valence-corrected chi connectivity index (χ3v) is 10.4. The van der Waals surface area contributed by atoms with Gasteiger partial charge in [0, 0.05) is 70.4 Å². The summed E-state index contributed by atoms with van der Waals surface area (Å²) in [6.07, 6.45) is 8.28. The van der Waals surface area contributed by atoms with Crippen LogP contribution in [0, 0.1) is 17.2 Å². The normalized spacial score (nSPS) is 16.1. The van der Waals surface area contributed by atoms with Crippen molar-refractivity contribution in [1.29, 1.82) is 0 Å². The molecule has 1 aliphatic heterocycles. The lowest BCUT2D eigenvalue weighted by Crippen LogP contribution is -2.68. The zero-order valence-corrected chi connectivity index (χ0v) is 32.8. The van der Waals surface area contributed by atoms with Crippen LogP contribution in [0.25, 0.3) is 44.9 Å². The molecule has 0 saturated carbocycles. The first-order valence-electron chi connectivity index (χ1n) is 18.5. The van der Waals surface area contributed by atoms with E-state index in [1.165, 1.54) is 16.8 Å². The van der Waals surface area contributed by atoms with Crippen LogP contribution < -0.4 is 28.1 Å². The zero-order chi connectivity index (χ0) is 40.3. The number of anilines is 1. The number of Topliss-reactive ketones (excluding diaryl/α,β-unsaturated/α-hetero) is 1. The van der Waals surface area contributed by atoms with Crippen molar-refractivity contribution in [2.24, 2.45) is 0 Å². The van der Waals surface area contributed by atoms with Gasteiger partial charge in [-0.2, -0.15) is 4.57 Å². The number of fused-ring (bicyclic) bond motifs is 1. The van der Waals surface area contributed by atoms with Crippen LogP contribution in [-0.2, 0) is 10.2 Å². The molecule has 0 spiro atoms. The number of likely N-dealkylation sites (N-methyl/N-ethyl adjacent to an activating group) is 1. The van der Waals surface area contributed by atoms with Crippen LogP contribution in [0.5, 0.6) is 0 Å². The molecule has 0 fully saturated rings. The van der Waals surface area contributed by atoms with Gasteiger partial charge in [0.1, 0.15) is 0 Å². The lowest BCUT2D eigenvalue weighted by Gasteiger charge is -2.24. The Hall–Kier alpha value is -6.19. The molecule has 1 aliphatic carbocycles. The SMILES string of the molecule is Cc1ccc(-c2cc(-c3ccccc3)[n+](C3=C/C(=C/C=C4\N(C)c5ccccc5C4(C)C)C(=O)C(c4ccccc4)=C3)c(-c3ccccc3)c2)cc1.[O-][Cl+3]([O-])([O-])[O-]. The number of pyridine rings is 1. The van der Waals surface area contributed by atoms with Crippen molar-refractivity contribution in [3.8, 4) is 33.6 Å². The Balaban J connectivity index is 0.000000935. The maximum absolute atomic E-state index is 14.5. The van der Waals surface area contributed by atoms with E-state index in [1.807, 2.05) is 36.4 Å². The van der Waals surface area contributed by atoms with Crippen molar-refractivity contribution in [2.45, 2.75) is 26.2 Å². The molecule has 0 saturated heterocycles. The molecular formula is C49H41ClN2O5. The third kappa shape index (κ3) is 8.49. The van der Waals surface area contributed by atoms with Gasteiger partial charge >= 0.3 is 0 Å². The summed E-state index contributed by atoms with van der Waals surface area (Å²) in [7, 11) is -2.83. The van der Waals surface area contributed by atoms with E-state index in [2.05, 4.69) is 177 Å². The molecule has 0 radical (unpaired) electrons. The van der Waals surface area contributed by atoms with Crippen LogP contribution in [0.2, 0.25) is 0 Å². The van der Waals surface area contributed by atoms with Gasteiger partial charge in [-0.1, -0.05) is 129 Å². The van der Waals surface area contributed by atoms with Gasteiger partial charge in [-0.25, -0.2) is 18.6 Å². The predicted molar refractivity (Wildman–Crippen MR) is 215 cm³/mol. The Kier molecular flexibility index (Phi) is 11.0. The number of halogens is 1. The number of para-hydroxylation sites is 1. The minimum Gasteiger partial charge on any atom is -0.347 e. The van der Waals surface area contributed by atoms with Crippen molar-refractivity contribution < 1.29 is 38.2 Å². The topological polar surface area (TPSA) is 116 Å². The van der Waals surface area contributed by atoms with Gasteiger partial charge in [-0.3, -0.25) is 4.79 Å². The zero-order valence-electron chi connectivity index (χ0n) is 32.1. The standard InChI is InChI=1S/C49H41N2O.ClHO4/c1-34-24-26-35(27-25-34)40-31-45(37-18-10-6-11-19-37)51(46(32-40)38-20-12-7-13-21-38)41-30-39(48(52)42(33-41)36-16-8-5-9-17-36)28-29-47-49(2,3)43-22-14-15-23-44(43)50(47)4;2-1(3,4)5/h5-33H,1-4H3;(H,2,3,4,5)/q+1;/p-1/b39-28-,47-29-;. The van der Waals surface area contributed by atoms with Crippen LogP contribution in [0.3, 0.4) is 0 Å². The second-order valence-electron chi connectivity index (χ2n) is 14.5. The van der Waals surface area contributed by atoms with Crippen molar-refractivity contribution in [2.75, 3.05) is 11.9 Å². The quantitative estimate of drug-likeness (QED) is 0.146. The summed E-state index contributed by atoms with van der Waals surface area (Å²) in [5, 5.41) is 0. The number of aromatic nitrogens is 1. The Morgan fingerprint density at radius 1 is 0.596 bits per heavy atom. The number of rotatable bonds is 6. The fourth-order valence-corrected chi connectivity index (χ4v) is 7.62. The molecule has 5 aromatic carbocycles. The molecule has 8 heteroatoms. The second kappa shape index (κ2) is 16.1. The van der Waals surface area contributed by atoms with E-state index >= 15 is 0 Å². The number of carbonyl (C=O) groups excluding carboxylic acids is 1. The molecule has 57 heavy (non-hydrogen) atoms. The summed E-state index contributed by atoms with van der Waals surface area (Å²) >= 11 is 0. The van der Waals surface area contributed by atoms with Gasteiger partial charge in [-0.05, 0) is 71.7 Å². The molecule has 6 aromatic rings. The van der Waals surface area contributed by atoms with Crippen molar-refractivity contribution in [3.05, 3.63) is 204 Å². The molecule has 0 N–H and O–H groups in total. The molecular weight excluding hydrogens is 732 g/mol. The van der Waals surface area contributed by atoms with Crippen LogP contribution in [-0.4, -0.2) is 12.8 Å². The molecule has 0 unspecified atom stereocenters. The number of hydrogen-bond donors (Lipinski definition) is 0. The third-order valence-electron chi connectivity index (χ3n) is 10.4. The summed E-state index contributed by atoms with van der Waals surface area (Å²) in [6, 6.07) is 52.9. The van der Waals surface area contributed by atoms with E-state index < -0.39 is 10.2 Å². The summed E-state index contributed by atoms with van der Waals surface area (Å²) in [6.45, 7) is 6.62. The monoisotopic (exact) mass is 772 g/mol. The van der Waals surface area contributed by atoms with E-state index in [0.717, 1.165) is 50.6 Å². The predicted octanol–water partition coefficient (Wildman–Crippen LogP) is 6.27. The summed E-state index contributed by atoms with van der Waals surface area (Å²) < 4.78 is 36.3. The van der Waals surface area contributed by atoms with Crippen LogP contribution >= 0.6 is 0 Å². The Bertz CT molecular complexity index is 2490. The smallest absolute Gasteiger partial charge is 0.219 e. The highest BCUT2D eigenvalue weighted by Crippen LogP contribution is 2.46. The maximum atomic E-state index is 14.5. The lowest BCUT2D eigenvalue weighted by molar-refractivity contribution is -2.00. The number of ketones is 1. The largest absolute Gasteiger partial charge is 0.347 e. The number of benzene rings is 5. The van der Waals surface area contributed by atoms with Gasteiger partial charge < -0.3 is 4.90 Å². The van der Waals surface area contributed by atoms with Gasteiger partial charge in [0.25, 0.3) is 0 Å². The summed E-state index contributed by atoms with van der Waals surface area (Å²) in [5.41, 5.74) is 14.2. The molecule has 0 amide bonds. The number of allylic oxidation sites excluding steroid dienone is 8. The first-order chi connectivity index (χ1) is 27.3. The Morgan fingerprint density at radius 3 is 1.61 bits per heavy atom. The number of aryl methyl sites for hydroxylation is 1. The van der Waals surface area contributed by atoms with E-state index in [-0.39, 0.29) is 11.2 Å². The first kappa shape index (κ1) is 39.1. The number of nitrogens with zero attached hydrogens (tertiary/aromatic N) is 2. The Labute approximate surface area is 335 Å². The number of hydrogen-bond acceptors (Lipinski definition) is 6. The average Bonchev–Trinajstić information content (AvgIpc) is 3.41. The van der Waals surface area contributed by atoms with E-state index in [0.29, 0.717) is 11.1 Å². The minimum atomic E-state index is -4.94. The van der Waals surface area contributed by atoms with E-state index in [1.54, 1.807) is 0 Å². The van der Waals surface area contributed by atoms with Crippen LogP contribution in [0.4, 0.5) is 5.69 Å². The molecule has 2 heterocycles. The molecule has 284 valence electrons. The van der Waals surface area contributed by atoms with Gasteiger partial charge in [0.2, 0.25) is 17.1 Å². The van der Waals surface area contributed by atoms with Gasteiger partial charge in [-0.15, -0.1) is 10.2 Å². The second-order valence-corrected chi connectivity index (χ2v) is 15.3. The molecule has 7 nitrogen and oxygen atoms in total. The fraction of sp³-hybridized carbons (Fsp3) is 0.102. The van der Waals surface area contributed by atoms with Gasteiger partial charge in [0.15, 0.2) is 5.78 Å². The molecule has 0 atom stereocenters. The van der Waals surface area contributed by atoms with E-state index in [9.17, 15) is 4.79 Å². The number of carbonyl (C=O) groups is 1.